The van der Waals surface area contributed by atoms with Gasteiger partial charge in [0.05, 0.1) is 18.6 Å². The molecule has 10 nitrogen and oxygen atoms in total. The zero-order valence-electron chi connectivity index (χ0n) is 20.6. The second kappa shape index (κ2) is 10.4. The monoisotopic (exact) mass is 528 g/mol. The van der Waals surface area contributed by atoms with Crippen molar-refractivity contribution in [2.75, 3.05) is 29.7 Å². The average Bonchev–Trinajstić information content (AvgIpc) is 3.48. The number of sulfonamides is 1. The van der Waals surface area contributed by atoms with E-state index in [-0.39, 0.29) is 16.9 Å². The minimum absolute atomic E-state index is 0.0573. The molecule has 196 valence electrons. The molecule has 0 unspecified atom stereocenters. The molecule has 0 bridgehead atoms. The number of hydrogen-bond donors (Lipinski definition) is 2. The number of fused-ring (bicyclic) bond motifs is 1. The van der Waals surface area contributed by atoms with E-state index in [9.17, 15) is 12.8 Å². The Labute approximate surface area is 214 Å². The molecule has 1 fully saturated rings. The number of imidazole rings is 1. The fraction of sp³-hybridized carbons (Fsp3) is 0.360. The van der Waals surface area contributed by atoms with E-state index in [1.54, 1.807) is 41.9 Å². The predicted molar refractivity (Wildman–Crippen MR) is 138 cm³/mol. The number of hydrogen-bond acceptors (Lipinski definition) is 8. The van der Waals surface area contributed by atoms with E-state index in [1.165, 1.54) is 18.6 Å². The number of nitrogens with zero attached hydrogens (tertiary/aromatic N) is 4. The van der Waals surface area contributed by atoms with Gasteiger partial charge in [-0.1, -0.05) is 6.07 Å². The molecule has 1 aliphatic heterocycles. The Hall–Kier alpha value is -3.64. The summed E-state index contributed by atoms with van der Waals surface area (Å²) in [5, 5.41) is 3.30. The molecule has 0 atom stereocenters. The maximum Gasteiger partial charge on any atom is 0.295 e. The lowest BCUT2D eigenvalue weighted by atomic mass is 10.0. The van der Waals surface area contributed by atoms with Gasteiger partial charge in [-0.05, 0) is 55.7 Å². The van der Waals surface area contributed by atoms with Crippen LogP contribution in [0.25, 0.3) is 11.1 Å². The smallest absolute Gasteiger partial charge is 0.295 e. The van der Waals surface area contributed by atoms with Crippen LogP contribution < -0.4 is 14.8 Å². The Morgan fingerprint density at radius 1 is 1.19 bits per heavy atom. The zero-order chi connectivity index (χ0) is 26.0. The van der Waals surface area contributed by atoms with Gasteiger partial charge < -0.3 is 19.0 Å². The van der Waals surface area contributed by atoms with Crippen molar-refractivity contribution in [1.29, 1.82) is 0 Å². The largest absolute Gasteiger partial charge is 0.491 e. The van der Waals surface area contributed by atoms with Crippen molar-refractivity contribution < 1.29 is 22.0 Å². The molecule has 12 heteroatoms. The number of aromatic nitrogens is 3. The zero-order valence-corrected chi connectivity index (χ0v) is 21.5. The number of likely N-dealkylation sites (tertiary alicyclic amines) is 1. The molecule has 37 heavy (non-hydrogen) atoms. The van der Waals surface area contributed by atoms with Crippen LogP contribution in [0.2, 0.25) is 0 Å². The van der Waals surface area contributed by atoms with Crippen LogP contribution in [0, 0.1) is 5.82 Å². The standard InChI is InChI=1S/C25H29FN6O4S/c1-3-35-23-12-17(4-6-20(23)26)14-32-10-8-18(9-11-32)28-25-29-21-13-19(5-7-22(21)36-25)30-37(33,34)24-15-31(2)16-27-24/h4-7,12-13,15-16,18,30H,3,8-11,14H2,1-2H3,(H,28,29). The van der Waals surface area contributed by atoms with Crippen molar-refractivity contribution >= 4 is 32.8 Å². The molecule has 4 aromatic rings. The van der Waals surface area contributed by atoms with Gasteiger partial charge in [0, 0.05) is 38.9 Å². The fourth-order valence-corrected chi connectivity index (χ4v) is 5.40. The summed E-state index contributed by atoms with van der Waals surface area (Å²) in [7, 11) is -2.09. The third-order valence-corrected chi connectivity index (χ3v) is 7.48. The van der Waals surface area contributed by atoms with Crippen LogP contribution in [0.1, 0.15) is 25.3 Å². The highest BCUT2D eigenvalue weighted by atomic mass is 32.2. The van der Waals surface area contributed by atoms with Crippen LogP contribution in [0.4, 0.5) is 16.1 Å². The molecule has 0 saturated carbocycles. The Bertz CT molecular complexity index is 1490. The molecule has 0 spiro atoms. The van der Waals surface area contributed by atoms with E-state index in [1.807, 2.05) is 6.92 Å². The first-order chi connectivity index (χ1) is 17.8. The van der Waals surface area contributed by atoms with Gasteiger partial charge in [-0.15, -0.1) is 0 Å². The van der Waals surface area contributed by atoms with E-state index >= 15 is 0 Å². The normalized spacial score (nSPS) is 15.2. The van der Waals surface area contributed by atoms with Crippen LogP contribution in [-0.2, 0) is 23.6 Å². The molecule has 3 heterocycles. The number of ether oxygens (including phenoxy) is 1. The number of benzene rings is 2. The minimum atomic E-state index is -3.80. The molecule has 1 saturated heterocycles. The van der Waals surface area contributed by atoms with Crippen LogP contribution in [0.5, 0.6) is 5.75 Å². The van der Waals surface area contributed by atoms with Crippen molar-refractivity contribution in [2.45, 2.75) is 37.4 Å². The maximum absolute atomic E-state index is 13.8. The summed E-state index contributed by atoms with van der Waals surface area (Å²) >= 11 is 0. The van der Waals surface area contributed by atoms with E-state index in [4.69, 9.17) is 9.15 Å². The lowest BCUT2D eigenvalue weighted by Gasteiger charge is -2.32. The first-order valence-electron chi connectivity index (χ1n) is 12.1. The number of anilines is 2. The van der Waals surface area contributed by atoms with Gasteiger partial charge in [0.2, 0.25) is 0 Å². The summed E-state index contributed by atoms with van der Waals surface area (Å²) in [5.74, 6) is -0.0511. The molecule has 5 rings (SSSR count). The Kier molecular flexibility index (Phi) is 7.02. The summed E-state index contributed by atoms with van der Waals surface area (Å²) in [6.45, 7) is 4.74. The van der Waals surface area contributed by atoms with Crippen LogP contribution >= 0.6 is 0 Å². The predicted octanol–water partition coefficient (Wildman–Crippen LogP) is 3.98. The van der Waals surface area contributed by atoms with Gasteiger partial charge in [-0.25, -0.2) is 9.37 Å². The molecule has 0 radical (unpaired) electrons. The Balaban J connectivity index is 1.18. The van der Waals surface area contributed by atoms with E-state index in [0.29, 0.717) is 35.2 Å². The molecule has 2 N–H and O–H groups in total. The van der Waals surface area contributed by atoms with Crippen LogP contribution in [0.15, 0.2) is 58.4 Å². The van der Waals surface area contributed by atoms with Gasteiger partial charge in [0.15, 0.2) is 22.2 Å². The molecule has 2 aromatic heterocycles. The summed E-state index contributed by atoms with van der Waals surface area (Å²) in [6.07, 6.45) is 4.65. The number of oxazole rings is 1. The van der Waals surface area contributed by atoms with Gasteiger partial charge >= 0.3 is 0 Å². The van der Waals surface area contributed by atoms with Crippen LogP contribution in [0.3, 0.4) is 0 Å². The molecular formula is C25H29FN6O4S. The van der Waals surface area contributed by atoms with Crippen molar-refractivity contribution in [3.05, 3.63) is 60.3 Å². The van der Waals surface area contributed by atoms with Gasteiger partial charge in [-0.3, -0.25) is 9.62 Å². The number of halogens is 1. The van der Waals surface area contributed by atoms with Gasteiger partial charge in [0.1, 0.15) is 5.52 Å². The molecule has 1 aliphatic rings. The van der Waals surface area contributed by atoms with E-state index in [2.05, 4.69) is 24.9 Å². The summed E-state index contributed by atoms with van der Waals surface area (Å²) in [5.41, 5.74) is 2.49. The van der Waals surface area contributed by atoms with E-state index in [0.717, 1.165) is 38.0 Å². The summed E-state index contributed by atoms with van der Waals surface area (Å²) < 4.78 is 54.2. The minimum Gasteiger partial charge on any atom is -0.491 e. The fourth-order valence-electron chi connectivity index (χ4n) is 4.37. The second-order valence-corrected chi connectivity index (χ2v) is 10.7. The average molecular weight is 529 g/mol. The van der Waals surface area contributed by atoms with E-state index < -0.39 is 10.0 Å². The third kappa shape index (κ3) is 5.86. The third-order valence-electron chi connectivity index (χ3n) is 6.21. The second-order valence-electron chi connectivity index (χ2n) is 9.08. The maximum atomic E-state index is 13.8. The van der Waals surface area contributed by atoms with Gasteiger partial charge in [-0.2, -0.15) is 13.4 Å². The summed E-state index contributed by atoms with van der Waals surface area (Å²) in [6, 6.07) is 10.6. The number of nitrogens with one attached hydrogen (secondary N) is 2. The highest BCUT2D eigenvalue weighted by molar-refractivity contribution is 7.92. The first-order valence-corrected chi connectivity index (χ1v) is 13.6. The van der Waals surface area contributed by atoms with Crippen molar-refractivity contribution in [3.63, 3.8) is 0 Å². The lowest BCUT2D eigenvalue weighted by molar-refractivity contribution is 0.210. The van der Waals surface area contributed by atoms with Gasteiger partial charge in [0.25, 0.3) is 16.0 Å². The van der Waals surface area contributed by atoms with Crippen LogP contribution in [-0.4, -0.2) is 53.6 Å². The van der Waals surface area contributed by atoms with Crippen molar-refractivity contribution in [2.24, 2.45) is 7.05 Å². The molecule has 2 aromatic carbocycles. The molecular weight excluding hydrogens is 499 g/mol. The topological polar surface area (TPSA) is 115 Å². The first kappa shape index (κ1) is 25.0. The highest BCUT2D eigenvalue weighted by Gasteiger charge is 2.22. The highest BCUT2D eigenvalue weighted by Crippen LogP contribution is 2.26. The summed E-state index contributed by atoms with van der Waals surface area (Å²) in [4.78, 5) is 10.7. The lowest BCUT2D eigenvalue weighted by Crippen LogP contribution is -2.38. The van der Waals surface area contributed by atoms with Crippen molar-refractivity contribution in [3.8, 4) is 5.75 Å². The molecule has 0 aliphatic carbocycles. The van der Waals surface area contributed by atoms with Crippen molar-refractivity contribution in [1.82, 2.24) is 19.4 Å². The molecule has 0 amide bonds. The number of rotatable bonds is 9. The number of aryl methyl sites for hydroxylation is 1. The quantitative estimate of drug-likeness (QED) is 0.335. The Morgan fingerprint density at radius 2 is 2.00 bits per heavy atom. The SMILES string of the molecule is CCOc1cc(CN2CCC(Nc3nc4cc(NS(=O)(=O)c5cn(C)cn5)ccc4o3)CC2)ccc1F. The number of piperidine rings is 1. The Morgan fingerprint density at radius 3 is 2.73 bits per heavy atom.